The van der Waals surface area contributed by atoms with E-state index in [1.165, 1.54) is 257 Å². The molecule has 0 heterocycles. The Balaban J connectivity index is 4.28. The van der Waals surface area contributed by atoms with Crippen LogP contribution in [0.15, 0.2) is 0 Å². The molecule has 69 heavy (non-hydrogen) atoms. The van der Waals surface area contributed by atoms with Gasteiger partial charge in [-0.15, -0.1) is 0 Å². The Morgan fingerprint density at radius 1 is 0.275 bits per heavy atom. The van der Waals surface area contributed by atoms with E-state index in [1.807, 2.05) is 0 Å². The van der Waals surface area contributed by atoms with Crippen LogP contribution in [0.4, 0.5) is 0 Å². The van der Waals surface area contributed by atoms with Crippen molar-refractivity contribution in [2.24, 2.45) is 5.92 Å². The maximum atomic E-state index is 12.9. The average Bonchev–Trinajstić information content (AvgIpc) is 3.34. The monoisotopic (exact) mass is 975 g/mol. The van der Waals surface area contributed by atoms with Crippen LogP contribution >= 0.6 is 0 Å². The van der Waals surface area contributed by atoms with Crippen LogP contribution in [0.3, 0.4) is 0 Å². The first-order chi connectivity index (χ1) is 33.9. The molecule has 0 radical (unpaired) electrons. The highest BCUT2D eigenvalue weighted by atomic mass is 16.6. The van der Waals surface area contributed by atoms with E-state index in [1.54, 1.807) is 0 Å². The maximum Gasteiger partial charge on any atom is 0.306 e. The van der Waals surface area contributed by atoms with Gasteiger partial charge in [0.05, 0.1) is 0 Å². The quantitative estimate of drug-likeness (QED) is 0.0343. The minimum Gasteiger partial charge on any atom is -0.462 e. The molecule has 0 aliphatic rings. The molecule has 0 aromatic carbocycles. The molecule has 6 heteroatoms. The predicted molar refractivity (Wildman–Crippen MR) is 298 cm³/mol. The first kappa shape index (κ1) is 67.4. The van der Waals surface area contributed by atoms with Crippen molar-refractivity contribution in [1.82, 2.24) is 0 Å². The lowest BCUT2D eigenvalue weighted by molar-refractivity contribution is -0.167. The molecular formula is C63H122O6. The highest BCUT2D eigenvalue weighted by Gasteiger charge is 2.19. The van der Waals surface area contributed by atoms with Gasteiger partial charge >= 0.3 is 17.9 Å². The molecule has 0 unspecified atom stereocenters. The second kappa shape index (κ2) is 57.3. The van der Waals surface area contributed by atoms with Gasteiger partial charge in [0.25, 0.3) is 0 Å². The molecule has 0 saturated heterocycles. The van der Waals surface area contributed by atoms with Gasteiger partial charge in [0, 0.05) is 19.3 Å². The molecule has 0 aromatic rings. The molecule has 1 atom stereocenters. The van der Waals surface area contributed by atoms with Gasteiger partial charge in [-0.3, -0.25) is 14.4 Å². The van der Waals surface area contributed by atoms with Crippen molar-refractivity contribution < 1.29 is 28.6 Å². The van der Waals surface area contributed by atoms with Crippen molar-refractivity contribution in [1.29, 1.82) is 0 Å². The minimum absolute atomic E-state index is 0.0614. The third kappa shape index (κ3) is 57.2. The third-order valence-electron chi connectivity index (χ3n) is 14.5. The second-order valence-corrected chi connectivity index (χ2v) is 22.2. The van der Waals surface area contributed by atoms with Crippen molar-refractivity contribution in [2.75, 3.05) is 13.2 Å². The van der Waals surface area contributed by atoms with Gasteiger partial charge in [0.15, 0.2) is 6.10 Å². The van der Waals surface area contributed by atoms with E-state index < -0.39 is 6.10 Å². The van der Waals surface area contributed by atoms with Gasteiger partial charge < -0.3 is 14.2 Å². The zero-order valence-corrected chi connectivity index (χ0v) is 47.3. The molecule has 0 rings (SSSR count). The summed E-state index contributed by atoms with van der Waals surface area (Å²) in [5, 5.41) is 0. The molecule has 6 nitrogen and oxygen atoms in total. The Hall–Kier alpha value is -1.59. The van der Waals surface area contributed by atoms with Crippen molar-refractivity contribution in [3.8, 4) is 0 Å². The van der Waals surface area contributed by atoms with Crippen molar-refractivity contribution in [3.63, 3.8) is 0 Å². The summed E-state index contributed by atoms with van der Waals surface area (Å²) in [6.07, 6.45) is 63.9. The lowest BCUT2D eigenvalue weighted by atomic mass is 10.0. The van der Waals surface area contributed by atoms with Crippen LogP contribution in [0.1, 0.15) is 362 Å². The number of rotatable bonds is 58. The molecule has 0 bridgehead atoms. The minimum atomic E-state index is -0.763. The molecule has 0 aliphatic carbocycles. The van der Waals surface area contributed by atoms with E-state index in [-0.39, 0.29) is 31.1 Å². The summed E-state index contributed by atoms with van der Waals surface area (Å²) in [4.78, 5) is 38.3. The van der Waals surface area contributed by atoms with E-state index >= 15 is 0 Å². The maximum absolute atomic E-state index is 12.9. The largest absolute Gasteiger partial charge is 0.462 e. The summed E-state index contributed by atoms with van der Waals surface area (Å²) < 4.78 is 16.9. The first-order valence-electron chi connectivity index (χ1n) is 31.4. The number of carbonyl (C=O) groups is 3. The highest BCUT2D eigenvalue weighted by Crippen LogP contribution is 2.19. The normalized spacial score (nSPS) is 12.0. The van der Waals surface area contributed by atoms with Crippen LogP contribution in [0, 0.1) is 5.92 Å². The lowest BCUT2D eigenvalue weighted by Gasteiger charge is -2.18. The van der Waals surface area contributed by atoms with Crippen molar-refractivity contribution in [2.45, 2.75) is 368 Å². The SMILES string of the molecule is CCCCCCCCCCCCCCCCCCCCCC(=O)O[C@H](COC(=O)CCCCCCCCCCCCCCCCCCC)COC(=O)CCCCCCCCCCCCCCC(C)C. The summed E-state index contributed by atoms with van der Waals surface area (Å²) in [5.74, 6) is 0.00432. The van der Waals surface area contributed by atoms with Gasteiger partial charge in [0.2, 0.25) is 0 Å². The van der Waals surface area contributed by atoms with E-state index in [0.717, 1.165) is 63.7 Å². The Bertz CT molecular complexity index is 1040. The molecule has 0 fully saturated rings. The van der Waals surface area contributed by atoms with Crippen LogP contribution in [0.2, 0.25) is 0 Å². The van der Waals surface area contributed by atoms with Gasteiger partial charge in [-0.2, -0.15) is 0 Å². The topological polar surface area (TPSA) is 78.9 Å². The highest BCUT2D eigenvalue weighted by molar-refractivity contribution is 5.71. The predicted octanol–water partition coefficient (Wildman–Crippen LogP) is 21.0. The first-order valence-corrected chi connectivity index (χ1v) is 31.4. The number of carbonyl (C=O) groups excluding carboxylic acids is 3. The lowest BCUT2D eigenvalue weighted by Crippen LogP contribution is -2.30. The molecular weight excluding hydrogens is 853 g/mol. The summed E-state index contributed by atoms with van der Waals surface area (Å²) in [6, 6.07) is 0. The van der Waals surface area contributed by atoms with Crippen LogP contribution in [-0.2, 0) is 28.6 Å². The average molecular weight is 976 g/mol. The second-order valence-electron chi connectivity index (χ2n) is 22.2. The standard InChI is InChI=1S/C63H122O6/c1-5-7-9-11-13-15-17-19-21-23-24-26-28-30-36-40-44-48-52-56-63(66)69-60(58-68-62(65)55-51-47-43-39-35-32-31-33-37-41-45-49-53-59(3)4)57-67-61(64)54-50-46-42-38-34-29-27-25-22-20-18-16-14-12-10-8-6-2/h59-60H,5-58H2,1-4H3/t60-/m1/s1. The summed E-state index contributed by atoms with van der Waals surface area (Å²) >= 11 is 0. The van der Waals surface area contributed by atoms with Gasteiger partial charge in [-0.05, 0) is 25.2 Å². The zero-order valence-electron chi connectivity index (χ0n) is 47.3. The van der Waals surface area contributed by atoms with Crippen LogP contribution in [0.25, 0.3) is 0 Å². The van der Waals surface area contributed by atoms with Gasteiger partial charge in [0.1, 0.15) is 13.2 Å². The third-order valence-corrected chi connectivity index (χ3v) is 14.5. The number of hydrogen-bond donors (Lipinski definition) is 0. The number of hydrogen-bond acceptors (Lipinski definition) is 6. The van der Waals surface area contributed by atoms with E-state index in [9.17, 15) is 14.4 Å². The smallest absolute Gasteiger partial charge is 0.306 e. The van der Waals surface area contributed by atoms with E-state index in [4.69, 9.17) is 14.2 Å². The Kier molecular flexibility index (Phi) is 56.0. The van der Waals surface area contributed by atoms with Crippen LogP contribution < -0.4 is 0 Å². The fraction of sp³-hybridized carbons (Fsp3) is 0.952. The zero-order chi connectivity index (χ0) is 50.2. The fourth-order valence-corrected chi connectivity index (χ4v) is 9.81. The fourth-order valence-electron chi connectivity index (χ4n) is 9.81. The van der Waals surface area contributed by atoms with Crippen LogP contribution in [0.5, 0.6) is 0 Å². The van der Waals surface area contributed by atoms with Crippen molar-refractivity contribution in [3.05, 3.63) is 0 Å². The molecule has 0 amide bonds. The van der Waals surface area contributed by atoms with E-state index in [2.05, 4.69) is 27.7 Å². The van der Waals surface area contributed by atoms with Crippen LogP contribution in [-0.4, -0.2) is 37.2 Å². The molecule has 0 spiro atoms. The summed E-state index contributed by atoms with van der Waals surface area (Å²) in [7, 11) is 0. The Morgan fingerprint density at radius 3 is 0.710 bits per heavy atom. The molecule has 0 aliphatic heterocycles. The number of unbranched alkanes of at least 4 members (excludes halogenated alkanes) is 45. The molecule has 410 valence electrons. The van der Waals surface area contributed by atoms with Gasteiger partial charge in [-0.1, -0.05) is 323 Å². The molecule has 0 aromatic heterocycles. The van der Waals surface area contributed by atoms with Crippen molar-refractivity contribution >= 4 is 17.9 Å². The Labute approximate surface area is 431 Å². The Morgan fingerprint density at radius 2 is 0.478 bits per heavy atom. The number of ether oxygens (including phenoxy) is 3. The van der Waals surface area contributed by atoms with E-state index in [0.29, 0.717) is 19.3 Å². The summed E-state index contributed by atoms with van der Waals surface area (Å²) in [6.45, 7) is 9.08. The molecule has 0 saturated carbocycles. The summed E-state index contributed by atoms with van der Waals surface area (Å²) in [5.41, 5.74) is 0. The molecule has 0 N–H and O–H groups in total. The van der Waals surface area contributed by atoms with Gasteiger partial charge in [-0.25, -0.2) is 0 Å². The number of esters is 3.